The molecule has 0 heterocycles. The van der Waals surface area contributed by atoms with Crippen molar-refractivity contribution < 1.29 is 14.3 Å². The fourth-order valence-corrected chi connectivity index (χ4v) is 1.69. The van der Waals surface area contributed by atoms with Crippen LogP contribution in [0.25, 0.3) is 0 Å². The van der Waals surface area contributed by atoms with Crippen molar-refractivity contribution in [2.45, 2.75) is 12.2 Å². The SMILES string of the molecule is COC(OC)C(=O)C(C#N)c1ccc(Br)cc1. The number of nitrogens with zero attached hydrogens (tertiary/aromatic N) is 1. The van der Waals surface area contributed by atoms with Crippen LogP contribution in [0.5, 0.6) is 0 Å². The Bertz CT molecular complexity index is 420. The molecule has 4 nitrogen and oxygen atoms in total. The molecule has 5 heteroatoms. The summed E-state index contributed by atoms with van der Waals surface area (Å²) in [6.07, 6.45) is -1.01. The number of hydrogen-bond acceptors (Lipinski definition) is 4. The minimum Gasteiger partial charge on any atom is -0.349 e. The topological polar surface area (TPSA) is 59.3 Å². The second-order valence-electron chi connectivity index (χ2n) is 3.32. The molecule has 0 aliphatic rings. The molecule has 0 aliphatic heterocycles. The Morgan fingerprint density at radius 3 is 2.24 bits per heavy atom. The number of Topliss-reactive ketones (excluding diaryl/α,β-unsaturated/α-hetero) is 1. The molecule has 0 saturated heterocycles. The van der Waals surface area contributed by atoms with Crippen LogP contribution in [0.15, 0.2) is 28.7 Å². The second-order valence-corrected chi connectivity index (χ2v) is 4.24. The highest BCUT2D eigenvalue weighted by Gasteiger charge is 2.28. The zero-order valence-electron chi connectivity index (χ0n) is 9.51. The van der Waals surface area contributed by atoms with Crippen LogP contribution in [0.2, 0.25) is 0 Å². The maximum atomic E-state index is 11.9. The van der Waals surface area contributed by atoms with Gasteiger partial charge in [0.2, 0.25) is 12.1 Å². The van der Waals surface area contributed by atoms with Gasteiger partial charge < -0.3 is 9.47 Å². The molecule has 1 unspecified atom stereocenters. The third-order valence-electron chi connectivity index (χ3n) is 2.28. The number of benzene rings is 1. The first-order valence-electron chi connectivity index (χ1n) is 4.88. The summed E-state index contributed by atoms with van der Waals surface area (Å²) >= 11 is 3.29. The van der Waals surface area contributed by atoms with Gasteiger partial charge in [0.25, 0.3) is 0 Å². The van der Waals surface area contributed by atoms with Crippen molar-refractivity contribution in [1.82, 2.24) is 0 Å². The molecular weight excluding hydrogens is 286 g/mol. The van der Waals surface area contributed by atoms with Crippen LogP contribution in [0.3, 0.4) is 0 Å². The van der Waals surface area contributed by atoms with Crippen LogP contribution in [0.4, 0.5) is 0 Å². The molecule has 0 spiro atoms. The first-order valence-corrected chi connectivity index (χ1v) is 5.67. The molecule has 0 bridgehead atoms. The Balaban J connectivity index is 2.96. The van der Waals surface area contributed by atoms with Crippen molar-refractivity contribution >= 4 is 21.7 Å². The molecule has 1 aromatic rings. The Hall–Kier alpha value is -1.22. The zero-order valence-corrected chi connectivity index (χ0v) is 11.1. The molecule has 90 valence electrons. The van der Waals surface area contributed by atoms with Crippen molar-refractivity contribution in [2.75, 3.05) is 14.2 Å². The molecule has 0 aromatic heterocycles. The number of rotatable bonds is 5. The predicted molar refractivity (Wildman–Crippen MR) is 65.3 cm³/mol. The van der Waals surface area contributed by atoms with Crippen LogP contribution < -0.4 is 0 Å². The van der Waals surface area contributed by atoms with E-state index in [4.69, 9.17) is 14.7 Å². The minimum absolute atomic E-state index is 0.403. The second kappa shape index (κ2) is 6.50. The van der Waals surface area contributed by atoms with Crippen molar-refractivity contribution in [2.24, 2.45) is 0 Å². The Morgan fingerprint density at radius 1 is 1.29 bits per heavy atom. The Morgan fingerprint density at radius 2 is 1.82 bits per heavy atom. The van der Waals surface area contributed by atoms with Gasteiger partial charge in [-0.1, -0.05) is 28.1 Å². The summed E-state index contributed by atoms with van der Waals surface area (Å²) in [4.78, 5) is 11.9. The lowest BCUT2D eigenvalue weighted by Gasteiger charge is -2.15. The van der Waals surface area contributed by atoms with Gasteiger partial charge in [0.15, 0.2) is 0 Å². The van der Waals surface area contributed by atoms with Gasteiger partial charge in [0.05, 0.1) is 6.07 Å². The zero-order chi connectivity index (χ0) is 12.8. The lowest BCUT2D eigenvalue weighted by Crippen LogP contribution is -2.29. The van der Waals surface area contributed by atoms with Gasteiger partial charge in [-0.3, -0.25) is 4.79 Å². The van der Waals surface area contributed by atoms with Crippen LogP contribution in [-0.4, -0.2) is 26.3 Å². The first kappa shape index (κ1) is 13.8. The summed E-state index contributed by atoms with van der Waals surface area (Å²) < 4.78 is 10.6. The summed E-state index contributed by atoms with van der Waals surface area (Å²) in [5.74, 6) is -1.28. The number of ketones is 1. The third kappa shape index (κ3) is 3.37. The largest absolute Gasteiger partial charge is 0.349 e. The van der Waals surface area contributed by atoms with Gasteiger partial charge in [-0.15, -0.1) is 0 Å². The van der Waals surface area contributed by atoms with Gasteiger partial charge in [-0.2, -0.15) is 5.26 Å². The Labute approximate surface area is 108 Å². The summed E-state index contributed by atoms with van der Waals surface area (Å²) in [5, 5.41) is 9.07. The van der Waals surface area contributed by atoms with Crippen LogP contribution in [0, 0.1) is 11.3 Å². The van der Waals surface area contributed by atoms with E-state index in [9.17, 15) is 4.79 Å². The maximum Gasteiger partial charge on any atom is 0.219 e. The van der Waals surface area contributed by atoms with Crippen molar-refractivity contribution in [3.05, 3.63) is 34.3 Å². The smallest absolute Gasteiger partial charge is 0.219 e. The van der Waals surface area contributed by atoms with Crippen molar-refractivity contribution in [1.29, 1.82) is 5.26 Å². The van der Waals surface area contributed by atoms with Crippen molar-refractivity contribution in [3.63, 3.8) is 0 Å². The molecule has 0 fully saturated rings. The van der Waals surface area contributed by atoms with E-state index in [0.717, 1.165) is 4.47 Å². The van der Waals surface area contributed by atoms with Gasteiger partial charge in [0.1, 0.15) is 5.92 Å². The van der Waals surface area contributed by atoms with E-state index in [-0.39, 0.29) is 0 Å². The highest BCUT2D eigenvalue weighted by molar-refractivity contribution is 9.10. The number of carbonyl (C=O) groups excluding carboxylic acids is 1. The normalized spacial score (nSPS) is 12.2. The van der Waals surface area contributed by atoms with E-state index >= 15 is 0 Å². The van der Waals surface area contributed by atoms with E-state index in [1.54, 1.807) is 24.3 Å². The van der Waals surface area contributed by atoms with Gasteiger partial charge in [-0.05, 0) is 17.7 Å². The van der Waals surface area contributed by atoms with Crippen LogP contribution in [0.1, 0.15) is 11.5 Å². The third-order valence-corrected chi connectivity index (χ3v) is 2.81. The molecule has 0 amide bonds. The van der Waals surface area contributed by atoms with Crippen LogP contribution >= 0.6 is 15.9 Å². The maximum absolute atomic E-state index is 11.9. The van der Waals surface area contributed by atoms with E-state index in [1.165, 1.54) is 14.2 Å². The molecule has 17 heavy (non-hydrogen) atoms. The van der Waals surface area contributed by atoms with Gasteiger partial charge in [-0.25, -0.2) is 0 Å². The number of hydrogen-bond donors (Lipinski definition) is 0. The van der Waals surface area contributed by atoms with Crippen LogP contribution in [-0.2, 0) is 14.3 Å². The predicted octanol–water partition coefficient (Wildman–Crippen LogP) is 2.24. The minimum atomic E-state index is -1.01. The van der Waals surface area contributed by atoms with E-state index in [1.807, 2.05) is 6.07 Å². The summed E-state index contributed by atoms with van der Waals surface area (Å²) in [5.41, 5.74) is 0.625. The first-order chi connectivity index (χ1) is 8.13. The Kier molecular flexibility index (Phi) is 5.29. The number of methoxy groups -OCH3 is 2. The van der Waals surface area contributed by atoms with Crippen molar-refractivity contribution in [3.8, 4) is 6.07 Å². The highest BCUT2D eigenvalue weighted by Crippen LogP contribution is 2.21. The number of halogens is 1. The standard InChI is InChI=1S/C12H12BrNO3/c1-16-12(17-2)11(15)10(7-14)8-3-5-9(13)6-4-8/h3-6,10,12H,1-2H3. The average Bonchev–Trinajstić information content (AvgIpc) is 2.34. The number of nitriles is 1. The van der Waals surface area contributed by atoms with E-state index < -0.39 is 18.0 Å². The quantitative estimate of drug-likeness (QED) is 0.782. The average molecular weight is 298 g/mol. The molecule has 1 atom stereocenters. The lowest BCUT2D eigenvalue weighted by molar-refractivity contribution is -0.157. The summed E-state index contributed by atoms with van der Waals surface area (Å²) in [6.45, 7) is 0. The molecular formula is C12H12BrNO3. The lowest BCUT2D eigenvalue weighted by atomic mass is 9.96. The molecule has 0 N–H and O–H groups in total. The number of carbonyl (C=O) groups is 1. The number of ether oxygens (including phenoxy) is 2. The van der Waals surface area contributed by atoms with E-state index in [0.29, 0.717) is 5.56 Å². The molecule has 0 saturated carbocycles. The summed E-state index contributed by atoms with van der Waals surface area (Å²) in [7, 11) is 2.73. The molecule has 0 aliphatic carbocycles. The molecule has 0 radical (unpaired) electrons. The van der Waals surface area contributed by atoms with Gasteiger partial charge in [0, 0.05) is 18.7 Å². The fourth-order valence-electron chi connectivity index (χ4n) is 1.42. The highest BCUT2D eigenvalue weighted by atomic mass is 79.9. The van der Waals surface area contributed by atoms with E-state index in [2.05, 4.69) is 15.9 Å². The molecule has 1 aromatic carbocycles. The summed E-state index contributed by atoms with van der Waals surface area (Å²) in [6, 6.07) is 8.96. The molecule has 1 rings (SSSR count). The van der Waals surface area contributed by atoms with Gasteiger partial charge >= 0.3 is 0 Å². The fraction of sp³-hybridized carbons (Fsp3) is 0.333. The monoisotopic (exact) mass is 297 g/mol.